The third kappa shape index (κ3) is 12.2. The molecule has 2 aromatic rings. The zero-order chi connectivity index (χ0) is 31.8. The summed E-state index contributed by atoms with van der Waals surface area (Å²) >= 11 is 0. The van der Waals surface area contributed by atoms with E-state index in [9.17, 15) is 4.79 Å². The molecule has 0 radical (unpaired) electrons. The predicted molar refractivity (Wildman–Crippen MR) is 183 cm³/mol. The van der Waals surface area contributed by atoms with E-state index in [1.165, 1.54) is 60.8 Å². The van der Waals surface area contributed by atoms with Crippen molar-refractivity contribution >= 4 is 5.78 Å². The Balaban J connectivity index is 0.000000258. The van der Waals surface area contributed by atoms with Crippen LogP contribution in [0.5, 0.6) is 0 Å². The van der Waals surface area contributed by atoms with Gasteiger partial charge in [0.2, 0.25) is 0 Å². The van der Waals surface area contributed by atoms with E-state index in [1.807, 2.05) is 26.2 Å². The smallest absolute Gasteiger partial charge is 0.160 e. The molecule has 1 aromatic carbocycles. The maximum atomic E-state index is 11.2. The van der Waals surface area contributed by atoms with Crippen molar-refractivity contribution in [2.24, 2.45) is 11.8 Å². The molecule has 3 nitrogen and oxygen atoms in total. The lowest BCUT2D eigenvalue weighted by molar-refractivity contribution is 0.101. The summed E-state index contributed by atoms with van der Waals surface area (Å²) in [6, 6.07) is 7.64. The molecule has 2 aliphatic carbocycles. The lowest BCUT2D eigenvalue weighted by atomic mass is 9.86. The predicted octanol–water partition coefficient (Wildman–Crippen LogP) is 10.9. The van der Waals surface area contributed by atoms with Crippen LogP contribution in [0.4, 0.5) is 0 Å². The Morgan fingerprint density at radius 3 is 2.44 bits per heavy atom. The maximum absolute atomic E-state index is 11.2. The molecule has 1 aromatic heterocycles. The van der Waals surface area contributed by atoms with Gasteiger partial charge in [0.25, 0.3) is 0 Å². The Morgan fingerprint density at radius 2 is 1.81 bits per heavy atom. The molecular weight excluding hydrogens is 524 g/mol. The minimum atomic E-state index is 0.0551. The number of aromatic nitrogens is 1. The molecule has 0 saturated heterocycles. The molecule has 0 amide bonds. The van der Waals surface area contributed by atoms with Gasteiger partial charge in [-0.1, -0.05) is 80.0 Å². The van der Waals surface area contributed by atoms with Crippen molar-refractivity contribution in [3.63, 3.8) is 0 Å². The zero-order valence-corrected chi connectivity index (χ0v) is 27.7. The van der Waals surface area contributed by atoms with Crippen LogP contribution in [0, 0.1) is 43.9 Å². The fraction of sp³-hybridized carbons (Fsp3) is 0.425. The lowest BCUT2D eigenvalue weighted by Crippen LogP contribution is -2.07. The van der Waals surface area contributed by atoms with Crippen LogP contribution in [0.3, 0.4) is 0 Å². The van der Waals surface area contributed by atoms with Crippen LogP contribution in [0.2, 0.25) is 0 Å². The van der Waals surface area contributed by atoms with Gasteiger partial charge in [0.05, 0.1) is 11.6 Å². The van der Waals surface area contributed by atoms with Gasteiger partial charge in [0.1, 0.15) is 0 Å². The summed E-state index contributed by atoms with van der Waals surface area (Å²) in [7, 11) is 0. The summed E-state index contributed by atoms with van der Waals surface area (Å²) in [5, 5.41) is 8.68. The molecule has 0 fully saturated rings. The van der Waals surface area contributed by atoms with Gasteiger partial charge in [-0.05, 0) is 132 Å². The Morgan fingerprint density at radius 1 is 1.09 bits per heavy atom. The van der Waals surface area contributed by atoms with Crippen LogP contribution < -0.4 is 0 Å². The van der Waals surface area contributed by atoms with Crippen molar-refractivity contribution in [2.45, 2.75) is 99.8 Å². The fourth-order valence-corrected chi connectivity index (χ4v) is 5.87. The van der Waals surface area contributed by atoms with Crippen LogP contribution in [0.15, 0.2) is 90.3 Å². The molecular formula is C40H52N2O. The first kappa shape index (κ1) is 35.4. The van der Waals surface area contributed by atoms with Crippen molar-refractivity contribution in [1.82, 2.24) is 4.98 Å². The molecule has 1 heterocycles. The monoisotopic (exact) mass is 576 g/mol. The maximum Gasteiger partial charge on any atom is 0.160 e. The number of nitrogens with zero attached hydrogens (tertiary/aromatic N) is 2. The summed E-state index contributed by atoms with van der Waals surface area (Å²) in [6.07, 6.45) is 26.7. The number of aryl methyl sites for hydroxylation is 3. The average Bonchev–Trinajstić information content (AvgIpc) is 3.37. The van der Waals surface area contributed by atoms with E-state index in [4.69, 9.17) is 5.26 Å². The number of hydrogen-bond acceptors (Lipinski definition) is 3. The molecule has 0 bridgehead atoms. The number of carbonyl (C=O) groups is 1. The first-order chi connectivity index (χ1) is 20.6. The highest BCUT2D eigenvalue weighted by Gasteiger charge is 2.19. The molecule has 2 atom stereocenters. The SMILES string of the molecule is C=C(Cc1cnccc1C)C1CCC=C([C@H](C)CCC)CC1.CC(=O)c1c(C)cc(C#N)cc1C.CC1=CCC=CC=C1. The summed E-state index contributed by atoms with van der Waals surface area (Å²) in [4.78, 5) is 15.5. The van der Waals surface area contributed by atoms with Crippen molar-refractivity contribution < 1.29 is 4.79 Å². The molecule has 0 spiro atoms. The van der Waals surface area contributed by atoms with Crippen LogP contribution >= 0.6 is 0 Å². The standard InChI is InChI=1S/C21H31N.C11H11NO.C8H10/c1-5-7-16(2)19-8-6-9-20(11-10-19)18(4)14-21-15-22-13-12-17(21)3;1-7-4-10(6-12)5-8(2)11(7)9(3)13;1-8-6-4-2-3-5-7-8/h8,12-13,15-16,20H,4-7,9-11,14H2,1-3H3;4-5H,1-3H3;2-4,6-7H,5H2,1H3/t16-,20?;;/m1../s1. The summed E-state index contributed by atoms with van der Waals surface area (Å²) < 4.78 is 0. The number of carbonyl (C=O) groups excluding carboxylic acids is 1. The van der Waals surface area contributed by atoms with E-state index in [-0.39, 0.29) is 5.78 Å². The highest BCUT2D eigenvalue weighted by Crippen LogP contribution is 2.33. The summed E-state index contributed by atoms with van der Waals surface area (Å²) in [5.41, 5.74) is 10.2. The molecule has 3 heteroatoms. The number of hydrogen-bond donors (Lipinski definition) is 0. The Kier molecular flexibility index (Phi) is 15.4. The minimum absolute atomic E-state index is 0.0551. The third-order valence-electron chi connectivity index (χ3n) is 8.40. The molecule has 0 saturated carbocycles. The first-order valence-corrected chi connectivity index (χ1v) is 15.9. The summed E-state index contributed by atoms with van der Waals surface area (Å²) in [6.45, 7) is 18.6. The molecule has 0 N–H and O–H groups in total. The second kappa shape index (κ2) is 18.7. The second-order valence-electron chi connectivity index (χ2n) is 12.0. The summed E-state index contributed by atoms with van der Waals surface area (Å²) in [5.74, 6) is 1.49. The van der Waals surface area contributed by atoms with Crippen molar-refractivity contribution in [3.05, 3.63) is 124 Å². The molecule has 228 valence electrons. The van der Waals surface area contributed by atoms with Gasteiger partial charge < -0.3 is 0 Å². The third-order valence-corrected chi connectivity index (χ3v) is 8.40. The largest absolute Gasteiger partial charge is 0.294 e. The number of allylic oxidation sites excluding steroid dienone is 9. The van der Waals surface area contributed by atoms with E-state index in [1.54, 1.807) is 24.6 Å². The van der Waals surface area contributed by atoms with Crippen molar-refractivity contribution in [1.29, 1.82) is 5.26 Å². The van der Waals surface area contributed by atoms with Gasteiger partial charge in [-0.15, -0.1) is 0 Å². The Bertz CT molecular complexity index is 1370. The lowest BCUT2D eigenvalue weighted by Gasteiger charge is -2.19. The normalized spacial score (nSPS) is 16.5. The van der Waals surface area contributed by atoms with E-state index >= 15 is 0 Å². The van der Waals surface area contributed by atoms with Crippen LogP contribution in [0.1, 0.15) is 111 Å². The van der Waals surface area contributed by atoms with Crippen LogP contribution in [-0.2, 0) is 6.42 Å². The van der Waals surface area contributed by atoms with Gasteiger partial charge in [0.15, 0.2) is 5.78 Å². The molecule has 1 unspecified atom stereocenters. The van der Waals surface area contributed by atoms with E-state index in [2.05, 4.69) is 87.8 Å². The number of pyridine rings is 1. The van der Waals surface area contributed by atoms with E-state index in [0.717, 1.165) is 35.4 Å². The Labute approximate surface area is 261 Å². The van der Waals surface area contributed by atoms with E-state index < -0.39 is 0 Å². The van der Waals surface area contributed by atoms with Crippen molar-refractivity contribution in [3.8, 4) is 6.07 Å². The number of Topliss-reactive ketones (excluding diaryl/α,β-unsaturated/α-hetero) is 1. The molecule has 4 rings (SSSR count). The quantitative estimate of drug-likeness (QED) is 0.243. The van der Waals surface area contributed by atoms with Gasteiger partial charge in [0, 0.05) is 18.0 Å². The Hall–Kier alpha value is -3.77. The van der Waals surface area contributed by atoms with Gasteiger partial charge in [-0.2, -0.15) is 5.26 Å². The highest BCUT2D eigenvalue weighted by atomic mass is 16.1. The first-order valence-electron chi connectivity index (χ1n) is 15.9. The number of rotatable bonds is 7. The van der Waals surface area contributed by atoms with Gasteiger partial charge in [-0.25, -0.2) is 0 Å². The zero-order valence-electron chi connectivity index (χ0n) is 27.7. The topological polar surface area (TPSA) is 53.8 Å². The molecule has 2 aliphatic rings. The van der Waals surface area contributed by atoms with Gasteiger partial charge >= 0.3 is 0 Å². The number of benzene rings is 1. The van der Waals surface area contributed by atoms with Gasteiger partial charge in [-0.3, -0.25) is 9.78 Å². The van der Waals surface area contributed by atoms with Crippen LogP contribution in [0.25, 0.3) is 0 Å². The van der Waals surface area contributed by atoms with E-state index in [0.29, 0.717) is 11.5 Å². The minimum Gasteiger partial charge on any atom is -0.294 e. The van der Waals surface area contributed by atoms with Crippen molar-refractivity contribution in [2.75, 3.05) is 0 Å². The number of ketones is 1. The number of nitriles is 1. The fourth-order valence-electron chi connectivity index (χ4n) is 5.87. The molecule has 0 aliphatic heterocycles. The average molecular weight is 577 g/mol. The van der Waals surface area contributed by atoms with Crippen LogP contribution in [-0.4, -0.2) is 10.8 Å². The highest BCUT2D eigenvalue weighted by molar-refractivity contribution is 5.97. The second-order valence-corrected chi connectivity index (χ2v) is 12.0. The molecule has 43 heavy (non-hydrogen) atoms.